The summed E-state index contributed by atoms with van der Waals surface area (Å²) in [5.74, 6) is -3.42. The van der Waals surface area contributed by atoms with Gasteiger partial charge in [-0.3, -0.25) is 4.79 Å². The zero-order chi connectivity index (χ0) is 11.0. The molecule has 1 N–H and O–H groups in total. The first-order chi connectivity index (χ1) is 6.57. The molecule has 0 aromatic rings. The van der Waals surface area contributed by atoms with Gasteiger partial charge in [-0.25, -0.2) is 0 Å². The normalized spacial score (nSPS) is 12.1. The molecule has 0 bridgehead atoms. The smallest absolute Gasteiger partial charge is 0.550 e. The molecule has 0 aliphatic heterocycles. The molecule has 0 saturated heterocycles. The Balaban J connectivity index is 0. The van der Waals surface area contributed by atoms with Gasteiger partial charge in [-0.05, 0) is 6.42 Å². The Bertz CT molecular complexity index is 225. The Labute approximate surface area is 132 Å². The van der Waals surface area contributed by atoms with Crippen molar-refractivity contribution < 1.29 is 71.2 Å². The van der Waals surface area contributed by atoms with Crippen molar-refractivity contribution in [3.63, 3.8) is 0 Å². The van der Waals surface area contributed by atoms with E-state index in [9.17, 15) is 14.7 Å². The third-order valence-corrected chi connectivity index (χ3v) is 1.80. The molecule has 1 atom stereocenters. The number of hydrogen-bond donors (Lipinski definition) is 1. The van der Waals surface area contributed by atoms with Crippen LogP contribution in [0.1, 0.15) is 32.6 Å². The predicted molar refractivity (Wildman–Crippen MR) is 49.4 cm³/mol. The van der Waals surface area contributed by atoms with Gasteiger partial charge >= 0.3 is 57.4 Å². The van der Waals surface area contributed by atoms with E-state index in [2.05, 4.69) is 0 Å². The molecule has 15 heavy (non-hydrogen) atoms. The quantitative estimate of drug-likeness (QED) is 0.304. The summed E-state index contributed by atoms with van der Waals surface area (Å²) in [4.78, 5) is 20.8. The molecular formula is C10H15KO4. The van der Waals surface area contributed by atoms with Gasteiger partial charge in [0.1, 0.15) is 0 Å². The SMILES string of the molecule is CCCC/C=C/C(CC(=O)[O-])C(=O)O.[K+]. The van der Waals surface area contributed by atoms with Crippen molar-refractivity contribution in [3.05, 3.63) is 12.2 Å². The maximum absolute atomic E-state index is 10.6. The molecule has 0 radical (unpaired) electrons. The second kappa shape index (κ2) is 10.8. The van der Waals surface area contributed by atoms with Crippen molar-refractivity contribution in [2.45, 2.75) is 32.6 Å². The third kappa shape index (κ3) is 10.6. The Kier molecular flexibility index (Phi) is 12.8. The van der Waals surface area contributed by atoms with E-state index in [0.717, 1.165) is 19.3 Å². The summed E-state index contributed by atoms with van der Waals surface area (Å²) in [6.45, 7) is 2.03. The molecule has 0 aliphatic rings. The van der Waals surface area contributed by atoms with E-state index in [1.807, 2.05) is 6.92 Å². The predicted octanol–water partition coefficient (Wildman–Crippen LogP) is -2.42. The van der Waals surface area contributed by atoms with Gasteiger partial charge in [-0.15, -0.1) is 0 Å². The number of carbonyl (C=O) groups is 2. The van der Waals surface area contributed by atoms with E-state index in [1.165, 1.54) is 6.08 Å². The van der Waals surface area contributed by atoms with Crippen molar-refractivity contribution in [2.75, 3.05) is 0 Å². The van der Waals surface area contributed by atoms with Crippen LogP contribution in [0.15, 0.2) is 12.2 Å². The van der Waals surface area contributed by atoms with Crippen LogP contribution in [-0.2, 0) is 9.59 Å². The van der Waals surface area contributed by atoms with Crippen molar-refractivity contribution in [2.24, 2.45) is 5.92 Å². The molecule has 0 amide bonds. The van der Waals surface area contributed by atoms with Gasteiger partial charge in [0.15, 0.2) is 0 Å². The number of rotatable bonds is 7. The maximum atomic E-state index is 10.6. The van der Waals surface area contributed by atoms with Crippen LogP contribution >= 0.6 is 0 Å². The molecule has 0 fully saturated rings. The van der Waals surface area contributed by atoms with E-state index in [0.29, 0.717) is 0 Å². The number of carboxylic acids is 2. The van der Waals surface area contributed by atoms with Crippen LogP contribution in [0.5, 0.6) is 0 Å². The largest absolute Gasteiger partial charge is 1.00 e. The van der Waals surface area contributed by atoms with Crippen LogP contribution in [-0.4, -0.2) is 17.0 Å². The van der Waals surface area contributed by atoms with Crippen molar-refractivity contribution in [1.82, 2.24) is 0 Å². The minimum Gasteiger partial charge on any atom is -0.550 e. The standard InChI is InChI=1S/C10H16O4.K/c1-2-3-4-5-6-8(10(13)14)7-9(11)12;/h5-6,8H,2-4,7H2,1H3,(H,11,12)(H,13,14);/q;+1/p-1/b6-5+;. The molecule has 4 nitrogen and oxygen atoms in total. The van der Waals surface area contributed by atoms with Gasteiger partial charge in [0.05, 0.1) is 5.92 Å². The number of allylic oxidation sites excluding steroid dienone is 1. The minimum absolute atomic E-state index is 0. The molecule has 80 valence electrons. The fourth-order valence-electron chi connectivity index (χ4n) is 1.000. The molecule has 0 aromatic heterocycles. The van der Waals surface area contributed by atoms with Gasteiger partial charge in [0, 0.05) is 12.4 Å². The number of carbonyl (C=O) groups excluding carboxylic acids is 1. The molecule has 0 heterocycles. The number of unbranched alkanes of at least 4 members (excludes halogenated alkanes) is 2. The average molecular weight is 238 g/mol. The second-order valence-corrected chi connectivity index (χ2v) is 3.09. The van der Waals surface area contributed by atoms with E-state index < -0.39 is 24.3 Å². The summed E-state index contributed by atoms with van der Waals surface area (Å²) >= 11 is 0. The average Bonchev–Trinajstić information content (AvgIpc) is 2.09. The van der Waals surface area contributed by atoms with Gasteiger partial charge in [-0.1, -0.05) is 31.9 Å². The van der Waals surface area contributed by atoms with Crippen LogP contribution in [0.3, 0.4) is 0 Å². The molecule has 5 heteroatoms. The van der Waals surface area contributed by atoms with Crippen molar-refractivity contribution >= 4 is 11.9 Å². The molecule has 1 unspecified atom stereocenters. The Hall–Kier alpha value is 0.316. The number of hydrogen-bond acceptors (Lipinski definition) is 3. The summed E-state index contributed by atoms with van der Waals surface area (Å²) in [5.41, 5.74) is 0. The van der Waals surface area contributed by atoms with Gasteiger partial charge in [0.2, 0.25) is 0 Å². The summed E-state index contributed by atoms with van der Waals surface area (Å²) in [7, 11) is 0. The molecule has 0 saturated carbocycles. The van der Waals surface area contributed by atoms with E-state index in [-0.39, 0.29) is 51.4 Å². The number of carboxylic acid groups (broad SMARTS) is 2. The molecule has 0 aromatic carbocycles. The van der Waals surface area contributed by atoms with Gasteiger partial charge < -0.3 is 15.0 Å². The maximum Gasteiger partial charge on any atom is 1.00 e. The van der Waals surface area contributed by atoms with Crippen LogP contribution < -0.4 is 56.5 Å². The van der Waals surface area contributed by atoms with Crippen LogP contribution in [0.4, 0.5) is 0 Å². The molecule has 0 rings (SSSR count). The fourth-order valence-corrected chi connectivity index (χ4v) is 1.000. The van der Waals surface area contributed by atoms with E-state index in [1.54, 1.807) is 6.08 Å². The molecule has 0 aliphatic carbocycles. The van der Waals surface area contributed by atoms with Crippen LogP contribution in [0, 0.1) is 5.92 Å². The summed E-state index contributed by atoms with van der Waals surface area (Å²) in [6, 6.07) is 0. The first kappa shape index (κ1) is 17.7. The third-order valence-electron chi connectivity index (χ3n) is 1.80. The van der Waals surface area contributed by atoms with Gasteiger partial charge in [0.25, 0.3) is 0 Å². The first-order valence-electron chi connectivity index (χ1n) is 4.67. The Morgan fingerprint density at radius 3 is 2.47 bits per heavy atom. The van der Waals surface area contributed by atoms with Crippen LogP contribution in [0.2, 0.25) is 0 Å². The second-order valence-electron chi connectivity index (χ2n) is 3.09. The minimum atomic E-state index is -1.34. The van der Waals surface area contributed by atoms with E-state index in [4.69, 9.17) is 5.11 Å². The Morgan fingerprint density at radius 2 is 2.07 bits per heavy atom. The molecular weight excluding hydrogens is 223 g/mol. The number of aliphatic carboxylic acids is 2. The summed E-state index contributed by atoms with van der Waals surface area (Å²) < 4.78 is 0. The van der Waals surface area contributed by atoms with Crippen molar-refractivity contribution in [1.29, 1.82) is 0 Å². The topological polar surface area (TPSA) is 77.4 Å². The first-order valence-corrected chi connectivity index (χ1v) is 4.67. The fraction of sp³-hybridized carbons (Fsp3) is 0.600. The monoisotopic (exact) mass is 238 g/mol. The van der Waals surface area contributed by atoms with Crippen LogP contribution in [0.25, 0.3) is 0 Å². The zero-order valence-electron chi connectivity index (χ0n) is 9.23. The molecule has 0 spiro atoms. The summed E-state index contributed by atoms with van der Waals surface area (Å²) in [5, 5.41) is 18.8. The zero-order valence-corrected chi connectivity index (χ0v) is 12.4. The van der Waals surface area contributed by atoms with Gasteiger partial charge in [-0.2, -0.15) is 0 Å². The Morgan fingerprint density at radius 1 is 1.47 bits per heavy atom. The summed E-state index contributed by atoms with van der Waals surface area (Å²) in [6.07, 6.45) is 5.47. The van der Waals surface area contributed by atoms with Crippen molar-refractivity contribution in [3.8, 4) is 0 Å². The van der Waals surface area contributed by atoms with E-state index >= 15 is 0 Å².